The van der Waals surface area contributed by atoms with Crippen molar-refractivity contribution in [3.63, 3.8) is 0 Å². The van der Waals surface area contributed by atoms with Gasteiger partial charge in [-0.2, -0.15) is 4.72 Å². The summed E-state index contributed by atoms with van der Waals surface area (Å²) in [6, 6.07) is 16.0. The smallest absolute Gasteiger partial charge is 0.342 e. The largest absolute Gasteiger partial charge is 0.489 e. The Morgan fingerprint density at radius 1 is 0.719 bits per heavy atom. The summed E-state index contributed by atoms with van der Waals surface area (Å²) in [5, 5.41) is 0. The first-order valence-corrected chi connectivity index (χ1v) is 11.7. The summed E-state index contributed by atoms with van der Waals surface area (Å²) in [6.45, 7) is 6.79. The molecule has 180 valence electrons. The molecule has 3 nitrogen and oxygen atoms in total. The summed E-state index contributed by atoms with van der Waals surface area (Å²) in [7, 11) is -9.71. The molecule has 1 N–H and O–H groups in total. The number of benzene rings is 2. The molecule has 0 heterocycles. The highest BCUT2D eigenvalue weighted by Gasteiger charge is 2.62. The van der Waals surface area contributed by atoms with E-state index in [1.54, 1.807) is 12.2 Å². The molecule has 0 spiro atoms. The van der Waals surface area contributed by atoms with E-state index in [1.165, 1.54) is 18.2 Å². The van der Waals surface area contributed by atoms with Crippen molar-refractivity contribution in [2.75, 3.05) is 13.2 Å². The van der Waals surface area contributed by atoms with Crippen LogP contribution in [-0.4, -0.2) is 13.2 Å². The van der Waals surface area contributed by atoms with Crippen LogP contribution in [-0.2, 0) is 6.54 Å². The van der Waals surface area contributed by atoms with E-state index in [-0.39, 0.29) is 30.3 Å². The van der Waals surface area contributed by atoms with Gasteiger partial charge in [0.25, 0.3) is 0 Å². The fourth-order valence-corrected chi connectivity index (χ4v) is 2.55. The highest BCUT2D eigenvalue weighted by Crippen LogP contribution is 2.94. The van der Waals surface area contributed by atoms with E-state index in [9.17, 15) is 19.4 Å². The van der Waals surface area contributed by atoms with Crippen molar-refractivity contribution in [1.82, 2.24) is 4.72 Å². The van der Waals surface area contributed by atoms with Crippen molar-refractivity contribution < 1.29 is 28.9 Å². The van der Waals surface area contributed by atoms with Crippen LogP contribution in [0.15, 0.2) is 77.9 Å². The third-order valence-corrected chi connectivity index (χ3v) is 4.33. The van der Waals surface area contributed by atoms with Gasteiger partial charge in [0.15, 0.2) is 0 Å². The fraction of sp³-hybridized carbons (Fsp3) is 0.304. The van der Waals surface area contributed by atoms with Crippen molar-refractivity contribution in [2.24, 2.45) is 0 Å². The molecule has 0 bridgehead atoms. The highest BCUT2D eigenvalue weighted by atomic mass is 32.5. The van der Waals surface area contributed by atoms with E-state index in [1.807, 2.05) is 64.1 Å². The summed E-state index contributed by atoms with van der Waals surface area (Å²) >= 11 is 0. The summed E-state index contributed by atoms with van der Waals surface area (Å²) in [4.78, 5) is 0. The molecule has 0 aromatic heterocycles. The molecule has 2 rings (SSSR count). The highest BCUT2D eigenvalue weighted by molar-refractivity contribution is 8.44. The zero-order chi connectivity index (χ0) is 24.3. The van der Waals surface area contributed by atoms with E-state index in [0.717, 1.165) is 11.1 Å². The molecule has 0 aliphatic heterocycles. The Labute approximate surface area is 186 Å². The maximum absolute atomic E-state index is 12.5. The summed E-state index contributed by atoms with van der Waals surface area (Å²) in [5.74, 6) is 0.465. The number of ether oxygens (including phenoxy) is 2. The first-order chi connectivity index (χ1) is 14.6. The Hall–Kier alpha value is -2.52. The number of rotatable bonds is 9. The Morgan fingerprint density at radius 2 is 1.09 bits per heavy atom. The number of halogens is 5. The number of allylic oxidation sites excluding steroid dienone is 2. The van der Waals surface area contributed by atoms with Crippen molar-refractivity contribution in [3.8, 4) is 11.5 Å². The quantitative estimate of drug-likeness (QED) is 0.289. The van der Waals surface area contributed by atoms with Crippen molar-refractivity contribution in [3.05, 3.63) is 83.5 Å². The van der Waals surface area contributed by atoms with E-state index in [2.05, 4.69) is 0 Å². The van der Waals surface area contributed by atoms with Gasteiger partial charge in [0.1, 0.15) is 24.7 Å². The zero-order valence-corrected chi connectivity index (χ0v) is 19.4. The van der Waals surface area contributed by atoms with Gasteiger partial charge in [0.05, 0.1) is 0 Å². The number of nitrogens with one attached hydrogen (secondary N) is 1. The third kappa shape index (κ3) is 15.3. The lowest BCUT2D eigenvalue weighted by atomic mass is 10.2. The minimum absolute atomic E-state index is 0.0276. The molecule has 0 amide bonds. The standard InChI is InChI=1S/C17H24F5NO2S.C6H6/c1-13(2)5-7-24-16-9-15(12-23-26(18,19,20,21)22)10-17(11-16)25-8-6-14(3)4;1-2-4-6-5-3-1/h5-6,9-11,23H,7-8,12H2,1-4H3;1-6H. The first kappa shape index (κ1) is 27.5. The molecular weight excluding hydrogens is 449 g/mol. The van der Waals surface area contributed by atoms with Crippen LogP contribution in [0.4, 0.5) is 19.4 Å². The molecule has 0 atom stereocenters. The molecule has 2 aromatic rings. The second-order valence-corrected chi connectivity index (χ2v) is 9.67. The molecule has 9 heteroatoms. The van der Waals surface area contributed by atoms with Gasteiger partial charge in [-0.05, 0) is 57.5 Å². The van der Waals surface area contributed by atoms with Gasteiger partial charge in [-0.15, -0.1) is 0 Å². The first-order valence-electron chi connectivity index (χ1n) is 9.79. The molecule has 32 heavy (non-hydrogen) atoms. The van der Waals surface area contributed by atoms with Crippen LogP contribution >= 0.6 is 10.4 Å². The SMILES string of the molecule is CC(C)=CCOc1cc(CNS(F)(F)(F)(F)F)cc(OCC=C(C)C)c1.c1ccccc1. The monoisotopic (exact) mass is 479 g/mol. The lowest BCUT2D eigenvalue weighted by Crippen LogP contribution is -2.27. The van der Waals surface area contributed by atoms with Crippen LogP contribution < -0.4 is 14.2 Å². The maximum atomic E-state index is 12.5. The topological polar surface area (TPSA) is 30.5 Å². The minimum atomic E-state index is -9.71. The van der Waals surface area contributed by atoms with Gasteiger partial charge < -0.3 is 9.47 Å². The molecule has 0 aliphatic rings. The predicted molar refractivity (Wildman–Crippen MR) is 123 cm³/mol. The molecule has 0 unspecified atom stereocenters. The van der Waals surface area contributed by atoms with Crippen LogP contribution in [0.1, 0.15) is 33.3 Å². The fourth-order valence-electron chi connectivity index (χ4n) is 2.11. The summed E-state index contributed by atoms with van der Waals surface area (Å²) in [6.07, 6.45) is 3.56. The van der Waals surface area contributed by atoms with Gasteiger partial charge in [0.2, 0.25) is 0 Å². The molecular formula is C23H30F5NO2S. The maximum Gasteiger partial charge on any atom is 0.342 e. The van der Waals surface area contributed by atoms with Gasteiger partial charge in [-0.1, -0.05) is 67.0 Å². The molecule has 0 saturated heterocycles. The van der Waals surface area contributed by atoms with Gasteiger partial charge in [0, 0.05) is 12.6 Å². The van der Waals surface area contributed by atoms with Crippen LogP contribution in [0.2, 0.25) is 0 Å². The van der Waals surface area contributed by atoms with Crippen LogP contribution in [0.3, 0.4) is 0 Å². The van der Waals surface area contributed by atoms with E-state index >= 15 is 0 Å². The summed E-state index contributed by atoms with van der Waals surface area (Å²) in [5.41, 5.74) is 1.98. The Morgan fingerprint density at radius 3 is 1.41 bits per heavy atom. The molecule has 2 aromatic carbocycles. The van der Waals surface area contributed by atoms with E-state index < -0.39 is 17.0 Å². The van der Waals surface area contributed by atoms with E-state index in [0.29, 0.717) is 4.72 Å². The molecule has 0 fully saturated rings. The second kappa shape index (κ2) is 10.9. The van der Waals surface area contributed by atoms with E-state index in [4.69, 9.17) is 9.47 Å². The Kier molecular flexibility index (Phi) is 9.35. The number of hydrogen-bond acceptors (Lipinski definition) is 3. The van der Waals surface area contributed by atoms with Crippen molar-refractivity contribution in [2.45, 2.75) is 34.2 Å². The van der Waals surface area contributed by atoms with Crippen molar-refractivity contribution >= 4 is 10.4 Å². The van der Waals surface area contributed by atoms with Crippen LogP contribution in [0, 0.1) is 0 Å². The number of hydrogen-bond donors (Lipinski definition) is 1. The van der Waals surface area contributed by atoms with Gasteiger partial charge in [-0.25, -0.2) is 0 Å². The lowest BCUT2D eigenvalue weighted by molar-refractivity contribution is 0.335. The molecule has 0 radical (unpaired) electrons. The minimum Gasteiger partial charge on any atom is -0.489 e. The molecule has 0 saturated carbocycles. The third-order valence-electron chi connectivity index (χ3n) is 3.64. The van der Waals surface area contributed by atoms with Gasteiger partial charge in [-0.3, -0.25) is 0 Å². The second-order valence-electron chi connectivity index (χ2n) is 7.44. The zero-order valence-electron chi connectivity index (χ0n) is 18.6. The summed E-state index contributed by atoms with van der Waals surface area (Å²) < 4.78 is 73.8. The Balaban J connectivity index is 0.000000730. The normalized spacial score (nSPS) is 12.9. The average Bonchev–Trinajstić information content (AvgIpc) is 2.66. The Bertz CT molecular complexity index is 839. The van der Waals surface area contributed by atoms with Crippen LogP contribution in [0.5, 0.6) is 11.5 Å². The van der Waals surface area contributed by atoms with Crippen molar-refractivity contribution in [1.29, 1.82) is 0 Å². The lowest BCUT2D eigenvalue weighted by Gasteiger charge is -2.40. The predicted octanol–water partition coefficient (Wildman–Crippen LogP) is 8.37. The average molecular weight is 480 g/mol. The molecule has 0 aliphatic carbocycles. The van der Waals surface area contributed by atoms with Crippen LogP contribution in [0.25, 0.3) is 0 Å². The van der Waals surface area contributed by atoms with Gasteiger partial charge >= 0.3 is 10.4 Å².